The highest BCUT2D eigenvalue weighted by Gasteiger charge is 1.93. The first-order chi connectivity index (χ1) is 4.66. The summed E-state index contributed by atoms with van der Waals surface area (Å²) in [5, 5.41) is 17.2. The first-order valence-corrected chi connectivity index (χ1v) is 3.62. The minimum Gasteiger partial charge on any atom is -0.393 e. The van der Waals surface area contributed by atoms with E-state index in [1.807, 2.05) is 6.08 Å². The molecule has 0 aliphatic heterocycles. The van der Waals surface area contributed by atoms with Gasteiger partial charge in [0.25, 0.3) is 0 Å². The topological polar surface area (TPSA) is 40.5 Å². The van der Waals surface area contributed by atoms with Crippen LogP contribution in [0.5, 0.6) is 0 Å². The number of aliphatic hydroxyl groups excluding tert-OH is 2. The molecule has 0 amide bonds. The molecule has 60 valence electrons. The molecule has 0 saturated heterocycles. The van der Waals surface area contributed by atoms with Crippen molar-refractivity contribution >= 4 is 0 Å². The summed E-state index contributed by atoms with van der Waals surface area (Å²) in [5.74, 6) is 0.613. The molecule has 2 heteroatoms. The minimum absolute atomic E-state index is 0.186. The summed E-state index contributed by atoms with van der Waals surface area (Å²) >= 11 is 0. The standard InChI is InChI=1S/C8H16O2/c1-7(2)4-3-5-8(10)6-9/h3,5,7-10H,4,6H2,1-2H3/b5-3-/t8-/m0/s1. The van der Waals surface area contributed by atoms with Gasteiger partial charge in [0, 0.05) is 0 Å². The molecule has 0 heterocycles. The van der Waals surface area contributed by atoms with Crippen LogP contribution in [0.2, 0.25) is 0 Å². The third-order valence-corrected chi connectivity index (χ3v) is 1.15. The average molecular weight is 144 g/mol. The summed E-state index contributed by atoms with van der Waals surface area (Å²) in [6.07, 6.45) is 3.79. The molecular weight excluding hydrogens is 128 g/mol. The van der Waals surface area contributed by atoms with Crippen LogP contribution in [0.4, 0.5) is 0 Å². The van der Waals surface area contributed by atoms with Crippen LogP contribution in [-0.4, -0.2) is 22.9 Å². The van der Waals surface area contributed by atoms with Gasteiger partial charge in [0.15, 0.2) is 0 Å². The van der Waals surface area contributed by atoms with Crippen molar-refractivity contribution in [2.24, 2.45) is 5.92 Å². The summed E-state index contributed by atoms with van der Waals surface area (Å²) in [7, 11) is 0. The molecular formula is C8H16O2. The van der Waals surface area contributed by atoms with Gasteiger partial charge in [0.2, 0.25) is 0 Å². The third kappa shape index (κ3) is 5.79. The maximum Gasteiger partial charge on any atom is 0.0951 e. The second-order valence-corrected chi connectivity index (χ2v) is 2.81. The van der Waals surface area contributed by atoms with E-state index in [-0.39, 0.29) is 6.61 Å². The van der Waals surface area contributed by atoms with Crippen LogP contribution >= 0.6 is 0 Å². The highest BCUT2D eigenvalue weighted by atomic mass is 16.3. The third-order valence-electron chi connectivity index (χ3n) is 1.15. The van der Waals surface area contributed by atoms with Gasteiger partial charge in [-0.15, -0.1) is 0 Å². The SMILES string of the molecule is CC(C)C/C=C\[C@H](O)CO. The van der Waals surface area contributed by atoms with Crippen LogP contribution in [0.3, 0.4) is 0 Å². The Balaban J connectivity index is 3.36. The van der Waals surface area contributed by atoms with Crippen molar-refractivity contribution in [3.8, 4) is 0 Å². The normalized spacial score (nSPS) is 14.9. The monoisotopic (exact) mass is 144 g/mol. The van der Waals surface area contributed by atoms with Crippen LogP contribution in [0.25, 0.3) is 0 Å². The Labute approximate surface area is 62.2 Å². The average Bonchev–Trinajstić information content (AvgIpc) is 1.87. The van der Waals surface area contributed by atoms with Gasteiger partial charge in [-0.05, 0) is 12.3 Å². The predicted molar refractivity (Wildman–Crippen MR) is 41.7 cm³/mol. The Hall–Kier alpha value is -0.340. The van der Waals surface area contributed by atoms with Crippen molar-refractivity contribution in [3.05, 3.63) is 12.2 Å². The second kappa shape index (κ2) is 5.45. The molecule has 1 atom stereocenters. The van der Waals surface area contributed by atoms with Gasteiger partial charge in [0.05, 0.1) is 12.7 Å². The number of hydrogen-bond acceptors (Lipinski definition) is 2. The highest BCUT2D eigenvalue weighted by Crippen LogP contribution is 2.00. The molecule has 0 spiro atoms. The van der Waals surface area contributed by atoms with Crippen LogP contribution in [0.1, 0.15) is 20.3 Å². The summed E-state index contributed by atoms with van der Waals surface area (Å²) in [6, 6.07) is 0. The largest absolute Gasteiger partial charge is 0.393 e. The molecule has 0 saturated carbocycles. The van der Waals surface area contributed by atoms with Gasteiger partial charge in [-0.1, -0.05) is 26.0 Å². The predicted octanol–water partition coefficient (Wildman–Crippen LogP) is 0.942. The van der Waals surface area contributed by atoms with E-state index in [0.717, 1.165) is 6.42 Å². The van der Waals surface area contributed by atoms with Gasteiger partial charge in [0.1, 0.15) is 0 Å². The van der Waals surface area contributed by atoms with Crippen molar-refractivity contribution in [1.82, 2.24) is 0 Å². The van der Waals surface area contributed by atoms with Gasteiger partial charge >= 0.3 is 0 Å². The van der Waals surface area contributed by atoms with Crippen LogP contribution in [0, 0.1) is 5.92 Å². The quantitative estimate of drug-likeness (QED) is 0.576. The van der Waals surface area contributed by atoms with Crippen molar-refractivity contribution in [2.45, 2.75) is 26.4 Å². The van der Waals surface area contributed by atoms with E-state index in [1.165, 1.54) is 0 Å². The lowest BCUT2D eigenvalue weighted by Gasteiger charge is -1.99. The van der Waals surface area contributed by atoms with Gasteiger partial charge in [-0.3, -0.25) is 0 Å². The van der Waals surface area contributed by atoms with Crippen LogP contribution in [-0.2, 0) is 0 Å². The Morgan fingerprint density at radius 1 is 1.40 bits per heavy atom. The summed E-state index contributed by atoms with van der Waals surface area (Å²) in [5.41, 5.74) is 0. The molecule has 0 aromatic rings. The van der Waals surface area contributed by atoms with Crippen molar-refractivity contribution in [1.29, 1.82) is 0 Å². The zero-order chi connectivity index (χ0) is 7.98. The maximum atomic E-state index is 8.83. The van der Waals surface area contributed by atoms with Crippen molar-refractivity contribution < 1.29 is 10.2 Å². The van der Waals surface area contributed by atoms with Crippen molar-refractivity contribution in [3.63, 3.8) is 0 Å². The first kappa shape index (κ1) is 9.66. The van der Waals surface area contributed by atoms with Crippen LogP contribution < -0.4 is 0 Å². The fourth-order valence-electron chi connectivity index (χ4n) is 0.569. The Morgan fingerprint density at radius 3 is 2.40 bits per heavy atom. The van der Waals surface area contributed by atoms with Crippen LogP contribution in [0.15, 0.2) is 12.2 Å². The number of allylic oxidation sites excluding steroid dienone is 1. The molecule has 0 aliphatic carbocycles. The zero-order valence-electron chi connectivity index (χ0n) is 6.62. The van der Waals surface area contributed by atoms with E-state index in [4.69, 9.17) is 10.2 Å². The van der Waals surface area contributed by atoms with E-state index in [1.54, 1.807) is 6.08 Å². The van der Waals surface area contributed by atoms with E-state index >= 15 is 0 Å². The van der Waals surface area contributed by atoms with E-state index < -0.39 is 6.10 Å². The molecule has 0 fully saturated rings. The number of hydrogen-bond donors (Lipinski definition) is 2. The van der Waals surface area contributed by atoms with Gasteiger partial charge in [-0.25, -0.2) is 0 Å². The Bertz CT molecular complexity index is 97.4. The lowest BCUT2D eigenvalue weighted by atomic mass is 10.1. The van der Waals surface area contributed by atoms with Gasteiger partial charge in [-0.2, -0.15) is 0 Å². The van der Waals surface area contributed by atoms with Crippen molar-refractivity contribution in [2.75, 3.05) is 6.61 Å². The fourth-order valence-corrected chi connectivity index (χ4v) is 0.569. The van der Waals surface area contributed by atoms with E-state index in [0.29, 0.717) is 5.92 Å². The van der Waals surface area contributed by atoms with Gasteiger partial charge < -0.3 is 10.2 Å². The molecule has 2 nitrogen and oxygen atoms in total. The fraction of sp³-hybridized carbons (Fsp3) is 0.750. The molecule has 0 bridgehead atoms. The summed E-state index contributed by atoms with van der Waals surface area (Å²) in [6.45, 7) is 4.03. The number of rotatable bonds is 4. The molecule has 0 unspecified atom stereocenters. The second-order valence-electron chi connectivity index (χ2n) is 2.81. The van der Waals surface area contributed by atoms with E-state index in [9.17, 15) is 0 Å². The lowest BCUT2D eigenvalue weighted by molar-refractivity contribution is 0.131. The molecule has 0 rings (SSSR count). The molecule has 10 heavy (non-hydrogen) atoms. The Kier molecular flexibility index (Phi) is 5.26. The maximum absolute atomic E-state index is 8.83. The minimum atomic E-state index is -0.682. The number of aliphatic hydroxyl groups is 2. The smallest absolute Gasteiger partial charge is 0.0951 e. The summed E-state index contributed by atoms with van der Waals surface area (Å²) in [4.78, 5) is 0. The molecule has 0 aliphatic rings. The Morgan fingerprint density at radius 2 is 2.00 bits per heavy atom. The zero-order valence-corrected chi connectivity index (χ0v) is 6.62. The summed E-state index contributed by atoms with van der Waals surface area (Å²) < 4.78 is 0. The molecule has 0 aromatic carbocycles. The molecule has 0 radical (unpaired) electrons. The molecule has 0 aromatic heterocycles. The van der Waals surface area contributed by atoms with E-state index in [2.05, 4.69) is 13.8 Å². The molecule has 2 N–H and O–H groups in total. The highest BCUT2D eigenvalue weighted by molar-refractivity contribution is 4.88. The first-order valence-electron chi connectivity index (χ1n) is 3.62. The lowest BCUT2D eigenvalue weighted by Crippen LogP contribution is -2.07.